The van der Waals surface area contributed by atoms with Gasteiger partial charge in [0.25, 0.3) is 5.69 Å². The standard InChI is InChI=1S/C13H10N4O3S/c18-12(11-5-8(6-14-11)17(19)20)7-21-13-15-9-3-1-2-4-10(9)16-13/h1-6,14H,7H2,(H,15,16). The molecule has 0 fully saturated rings. The Morgan fingerprint density at radius 2 is 2.19 bits per heavy atom. The molecule has 0 aliphatic heterocycles. The average Bonchev–Trinajstić information content (AvgIpc) is 3.11. The van der Waals surface area contributed by atoms with E-state index in [1.165, 1.54) is 24.0 Å². The largest absolute Gasteiger partial charge is 0.353 e. The molecule has 0 aliphatic carbocycles. The number of carbonyl (C=O) groups excluding carboxylic acids is 1. The zero-order valence-corrected chi connectivity index (χ0v) is 11.5. The lowest BCUT2D eigenvalue weighted by molar-refractivity contribution is -0.384. The number of H-pyrrole nitrogens is 2. The first kappa shape index (κ1) is 13.4. The highest BCUT2D eigenvalue weighted by Gasteiger charge is 2.15. The molecule has 8 heteroatoms. The second-order valence-electron chi connectivity index (χ2n) is 4.30. The van der Waals surface area contributed by atoms with Crippen molar-refractivity contribution in [1.82, 2.24) is 15.0 Å². The van der Waals surface area contributed by atoms with Crippen molar-refractivity contribution in [3.8, 4) is 0 Å². The summed E-state index contributed by atoms with van der Waals surface area (Å²) >= 11 is 1.26. The molecular formula is C13H10N4O3S. The molecule has 0 saturated heterocycles. The molecule has 0 unspecified atom stereocenters. The second kappa shape index (κ2) is 5.41. The number of aromatic nitrogens is 3. The Morgan fingerprint density at radius 3 is 2.90 bits per heavy atom. The fourth-order valence-electron chi connectivity index (χ4n) is 1.86. The lowest BCUT2D eigenvalue weighted by Crippen LogP contribution is -2.02. The Kier molecular flexibility index (Phi) is 3.44. The first-order valence-electron chi connectivity index (χ1n) is 6.07. The van der Waals surface area contributed by atoms with Gasteiger partial charge in [-0.1, -0.05) is 23.9 Å². The summed E-state index contributed by atoms with van der Waals surface area (Å²) < 4.78 is 0. The molecule has 2 heterocycles. The van der Waals surface area contributed by atoms with Gasteiger partial charge in [-0.05, 0) is 12.1 Å². The van der Waals surface area contributed by atoms with Crippen LogP contribution in [0.4, 0.5) is 5.69 Å². The minimum Gasteiger partial charge on any atom is -0.353 e. The first-order valence-corrected chi connectivity index (χ1v) is 7.05. The molecule has 0 saturated carbocycles. The Hall–Kier alpha value is -2.61. The number of thioether (sulfide) groups is 1. The highest BCUT2D eigenvalue weighted by molar-refractivity contribution is 7.99. The summed E-state index contributed by atoms with van der Waals surface area (Å²) in [4.78, 5) is 32.1. The maximum absolute atomic E-state index is 12.0. The third kappa shape index (κ3) is 2.79. The van der Waals surface area contributed by atoms with Crippen LogP contribution in [-0.2, 0) is 0 Å². The number of nitrogens with zero attached hydrogens (tertiary/aromatic N) is 2. The van der Waals surface area contributed by atoms with Crippen molar-refractivity contribution in [2.24, 2.45) is 0 Å². The lowest BCUT2D eigenvalue weighted by Gasteiger charge is -1.95. The summed E-state index contributed by atoms with van der Waals surface area (Å²) in [6, 6.07) is 8.81. The van der Waals surface area contributed by atoms with E-state index in [-0.39, 0.29) is 22.9 Å². The van der Waals surface area contributed by atoms with E-state index < -0.39 is 4.92 Å². The van der Waals surface area contributed by atoms with E-state index in [4.69, 9.17) is 0 Å². The Labute approximate surface area is 122 Å². The van der Waals surface area contributed by atoms with Crippen molar-refractivity contribution < 1.29 is 9.72 Å². The van der Waals surface area contributed by atoms with Crippen LogP contribution >= 0.6 is 11.8 Å². The topological polar surface area (TPSA) is 105 Å². The summed E-state index contributed by atoms with van der Waals surface area (Å²) in [5, 5.41) is 11.2. The zero-order valence-electron chi connectivity index (χ0n) is 10.7. The van der Waals surface area contributed by atoms with E-state index in [9.17, 15) is 14.9 Å². The van der Waals surface area contributed by atoms with Crippen molar-refractivity contribution in [1.29, 1.82) is 0 Å². The number of para-hydroxylation sites is 2. The number of benzene rings is 1. The molecule has 21 heavy (non-hydrogen) atoms. The molecule has 0 bridgehead atoms. The number of nitro groups is 1. The normalized spacial score (nSPS) is 10.9. The van der Waals surface area contributed by atoms with Gasteiger partial charge in [0.2, 0.25) is 0 Å². The van der Waals surface area contributed by atoms with Gasteiger partial charge in [0.05, 0.1) is 33.6 Å². The molecule has 0 amide bonds. The van der Waals surface area contributed by atoms with Crippen molar-refractivity contribution >= 4 is 34.3 Å². The predicted molar refractivity (Wildman–Crippen MR) is 78.6 cm³/mol. The lowest BCUT2D eigenvalue weighted by atomic mass is 10.3. The van der Waals surface area contributed by atoms with Crippen LogP contribution in [0.1, 0.15) is 10.5 Å². The minimum atomic E-state index is -0.542. The van der Waals surface area contributed by atoms with Crippen LogP contribution in [0.5, 0.6) is 0 Å². The van der Waals surface area contributed by atoms with Crippen molar-refractivity contribution in [3.05, 3.63) is 52.3 Å². The Bertz CT molecular complexity index is 791. The number of ketones is 1. The highest BCUT2D eigenvalue weighted by atomic mass is 32.2. The van der Waals surface area contributed by atoms with Gasteiger partial charge in [0, 0.05) is 6.07 Å². The van der Waals surface area contributed by atoms with Gasteiger partial charge in [-0.3, -0.25) is 14.9 Å². The number of aromatic amines is 2. The molecule has 3 aromatic rings. The monoisotopic (exact) mass is 302 g/mol. The quantitative estimate of drug-likeness (QED) is 0.326. The van der Waals surface area contributed by atoms with Crippen LogP contribution in [0.2, 0.25) is 0 Å². The number of rotatable bonds is 5. The maximum atomic E-state index is 12.0. The summed E-state index contributed by atoms with van der Waals surface area (Å²) in [6.45, 7) is 0. The van der Waals surface area contributed by atoms with Gasteiger partial charge in [-0.15, -0.1) is 0 Å². The van der Waals surface area contributed by atoms with Gasteiger partial charge in [-0.25, -0.2) is 4.98 Å². The molecule has 2 N–H and O–H groups in total. The van der Waals surface area contributed by atoms with Gasteiger partial charge in [0.1, 0.15) is 0 Å². The van der Waals surface area contributed by atoms with Gasteiger partial charge in [-0.2, -0.15) is 0 Å². The Balaban J connectivity index is 1.68. The van der Waals surface area contributed by atoms with Crippen molar-refractivity contribution in [3.63, 3.8) is 0 Å². The molecule has 0 aliphatic rings. The van der Waals surface area contributed by atoms with E-state index in [1.807, 2.05) is 24.3 Å². The number of hydrogen-bond donors (Lipinski definition) is 2. The number of hydrogen-bond acceptors (Lipinski definition) is 5. The van der Waals surface area contributed by atoms with Crippen LogP contribution in [0.15, 0.2) is 41.7 Å². The number of nitrogens with one attached hydrogen (secondary N) is 2. The molecular weight excluding hydrogens is 292 g/mol. The number of fused-ring (bicyclic) bond motifs is 1. The highest BCUT2D eigenvalue weighted by Crippen LogP contribution is 2.21. The van der Waals surface area contributed by atoms with Crippen LogP contribution < -0.4 is 0 Å². The molecule has 7 nitrogen and oxygen atoms in total. The average molecular weight is 302 g/mol. The van der Waals surface area contributed by atoms with E-state index in [1.54, 1.807) is 0 Å². The maximum Gasteiger partial charge on any atom is 0.287 e. The molecule has 0 atom stereocenters. The van der Waals surface area contributed by atoms with Gasteiger partial charge in [0.15, 0.2) is 10.9 Å². The summed E-state index contributed by atoms with van der Waals surface area (Å²) in [5.41, 5.74) is 1.85. The number of carbonyl (C=O) groups is 1. The third-order valence-electron chi connectivity index (χ3n) is 2.89. The smallest absolute Gasteiger partial charge is 0.287 e. The number of imidazole rings is 1. The van der Waals surface area contributed by atoms with E-state index in [2.05, 4.69) is 15.0 Å². The summed E-state index contributed by atoms with van der Waals surface area (Å²) in [5.74, 6) is -0.0640. The molecule has 1 aromatic carbocycles. The third-order valence-corrected chi connectivity index (χ3v) is 3.76. The molecule has 106 valence electrons. The van der Waals surface area contributed by atoms with Gasteiger partial charge < -0.3 is 9.97 Å². The molecule has 2 aromatic heterocycles. The van der Waals surface area contributed by atoms with E-state index in [0.29, 0.717) is 5.16 Å². The molecule has 0 spiro atoms. The zero-order chi connectivity index (χ0) is 14.8. The molecule has 0 radical (unpaired) electrons. The molecule has 3 rings (SSSR count). The van der Waals surface area contributed by atoms with Crippen LogP contribution in [0.25, 0.3) is 11.0 Å². The minimum absolute atomic E-state index is 0.118. The fraction of sp³-hybridized carbons (Fsp3) is 0.0769. The fourth-order valence-corrected chi connectivity index (χ4v) is 2.63. The SMILES string of the molecule is O=C(CSc1nc2ccccc2[nH]1)c1cc([N+](=O)[O-])c[nH]1. The van der Waals surface area contributed by atoms with Crippen LogP contribution in [-0.4, -0.2) is 31.4 Å². The van der Waals surface area contributed by atoms with Gasteiger partial charge >= 0.3 is 0 Å². The van der Waals surface area contributed by atoms with E-state index in [0.717, 1.165) is 11.0 Å². The predicted octanol–water partition coefficient (Wildman–Crippen LogP) is 2.77. The summed E-state index contributed by atoms with van der Waals surface area (Å²) in [7, 11) is 0. The van der Waals surface area contributed by atoms with Crippen LogP contribution in [0.3, 0.4) is 0 Å². The summed E-state index contributed by atoms with van der Waals surface area (Å²) in [6.07, 6.45) is 1.21. The van der Waals surface area contributed by atoms with Crippen molar-refractivity contribution in [2.75, 3.05) is 5.75 Å². The van der Waals surface area contributed by atoms with Crippen LogP contribution in [0, 0.1) is 10.1 Å². The van der Waals surface area contributed by atoms with E-state index >= 15 is 0 Å². The second-order valence-corrected chi connectivity index (χ2v) is 5.26. The van der Waals surface area contributed by atoms with Crippen molar-refractivity contribution in [2.45, 2.75) is 5.16 Å². The Morgan fingerprint density at radius 1 is 1.38 bits per heavy atom. The number of Topliss-reactive ketones (excluding diaryl/α,β-unsaturated/α-hetero) is 1. The first-order chi connectivity index (χ1) is 10.1.